The molecule has 6 heteroatoms. The molecule has 1 aliphatic rings. The van der Waals surface area contributed by atoms with Crippen LogP contribution in [0, 0.1) is 0 Å². The van der Waals surface area contributed by atoms with Gasteiger partial charge in [0.2, 0.25) is 0 Å². The van der Waals surface area contributed by atoms with Gasteiger partial charge in [-0.3, -0.25) is 4.79 Å². The third-order valence-electron chi connectivity index (χ3n) is 3.00. The van der Waals surface area contributed by atoms with Crippen molar-refractivity contribution >= 4 is 12.1 Å². The van der Waals surface area contributed by atoms with Crippen LogP contribution in [-0.4, -0.2) is 52.8 Å². The summed E-state index contributed by atoms with van der Waals surface area (Å²) in [5, 5.41) is 11.9. The van der Waals surface area contributed by atoms with E-state index in [1.54, 1.807) is 11.8 Å². The van der Waals surface area contributed by atoms with E-state index in [0.29, 0.717) is 13.1 Å². The van der Waals surface area contributed by atoms with Gasteiger partial charge in [-0.1, -0.05) is 0 Å². The van der Waals surface area contributed by atoms with Gasteiger partial charge in [0.05, 0.1) is 0 Å². The van der Waals surface area contributed by atoms with Crippen molar-refractivity contribution in [1.29, 1.82) is 0 Å². The molecule has 0 aliphatic carbocycles. The van der Waals surface area contributed by atoms with Crippen LogP contribution in [0.25, 0.3) is 0 Å². The third-order valence-corrected chi connectivity index (χ3v) is 3.00. The van der Waals surface area contributed by atoms with Crippen molar-refractivity contribution in [2.75, 3.05) is 13.1 Å². The van der Waals surface area contributed by atoms with Crippen molar-refractivity contribution in [2.45, 2.75) is 58.2 Å². The van der Waals surface area contributed by atoms with Crippen LogP contribution < -0.4 is 5.32 Å². The molecule has 19 heavy (non-hydrogen) atoms. The smallest absolute Gasteiger partial charge is 0.410 e. The maximum absolute atomic E-state index is 11.8. The molecule has 0 aromatic carbocycles. The van der Waals surface area contributed by atoms with Gasteiger partial charge in [0.15, 0.2) is 0 Å². The van der Waals surface area contributed by atoms with Crippen molar-refractivity contribution in [2.24, 2.45) is 0 Å². The third kappa shape index (κ3) is 5.46. The van der Waals surface area contributed by atoms with Crippen molar-refractivity contribution in [3.63, 3.8) is 0 Å². The number of carboxylic acid groups (broad SMARTS) is 1. The summed E-state index contributed by atoms with van der Waals surface area (Å²) in [6, 6.07) is -0.414. The van der Waals surface area contributed by atoms with Gasteiger partial charge in [0.25, 0.3) is 0 Å². The molecule has 1 saturated heterocycles. The first-order valence-corrected chi connectivity index (χ1v) is 6.66. The molecule has 1 fully saturated rings. The zero-order valence-electron chi connectivity index (χ0n) is 12.1. The van der Waals surface area contributed by atoms with E-state index in [1.807, 2.05) is 20.8 Å². The molecule has 6 nitrogen and oxygen atoms in total. The molecular weight excluding hydrogens is 248 g/mol. The van der Waals surface area contributed by atoms with Crippen LogP contribution in [0.2, 0.25) is 0 Å². The van der Waals surface area contributed by atoms with Crippen LogP contribution in [0.5, 0.6) is 0 Å². The van der Waals surface area contributed by atoms with Crippen LogP contribution in [0.1, 0.15) is 40.5 Å². The highest BCUT2D eigenvalue weighted by atomic mass is 16.6. The average molecular weight is 272 g/mol. The largest absolute Gasteiger partial charge is 0.480 e. The summed E-state index contributed by atoms with van der Waals surface area (Å²) in [5.74, 6) is -0.852. The second-order valence-electron chi connectivity index (χ2n) is 5.97. The van der Waals surface area contributed by atoms with Crippen LogP contribution in [0.3, 0.4) is 0 Å². The highest BCUT2D eigenvalue weighted by Crippen LogP contribution is 2.15. The normalized spacial score (nSPS) is 19.1. The highest BCUT2D eigenvalue weighted by Gasteiger charge is 2.27. The summed E-state index contributed by atoms with van der Waals surface area (Å²) in [6.07, 6.45) is 1.20. The number of carbonyl (C=O) groups excluding carboxylic acids is 1. The topological polar surface area (TPSA) is 78.9 Å². The van der Waals surface area contributed by atoms with Gasteiger partial charge in [-0.2, -0.15) is 0 Å². The van der Waals surface area contributed by atoms with E-state index < -0.39 is 17.6 Å². The van der Waals surface area contributed by atoms with E-state index in [0.717, 1.165) is 12.8 Å². The lowest BCUT2D eigenvalue weighted by molar-refractivity contribution is -0.139. The fourth-order valence-electron chi connectivity index (χ4n) is 1.98. The lowest BCUT2D eigenvalue weighted by atomic mass is 10.0. The molecule has 0 saturated carbocycles. The number of hydrogen-bond donors (Lipinski definition) is 2. The second-order valence-corrected chi connectivity index (χ2v) is 5.97. The Balaban J connectivity index is 2.36. The van der Waals surface area contributed by atoms with Gasteiger partial charge < -0.3 is 20.1 Å². The Morgan fingerprint density at radius 3 is 2.26 bits per heavy atom. The van der Waals surface area contributed by atoms with E-state index in [9.17, 15) is 9.59 Å². The molecule has 1 heterocycles. The predicted octanol–water partition coefficient (Wildman–Crippen LogP) is 1.45. The first-order valence-electron chi connectivity index (χ1n) is 6.66. The molecule has 1 aliphatic heterocycles. The van der Waals surface area contributed by atoms with Gasteiger partial charge in [-0.25, -0.2) is 4.79 Å². The zero-order chi connectivity index (χ0) is 14.6. The minimum absolute atomic E-state index is 0.143. The molecule has 1 unspecified atom stereocenters. The summed E-state index contributed by atoms with van der Waals surface area (Å²) >= 11 is 0. The van der Waals surface area contributed by atoms with Gasteiger partial charge in [0, 0.05) is 19.1 Å². The molecule has 0 bridgehead atoms. The number of likely N-dealkylation sites (tertiary alicyclic amines) is 1. The summed E-state index contributed by atoms with van der Waals surface area (Å²) in [4.78, 5) is 24.3. The number of hydrogen-bond acceptors (Lipinski definition) is 4. The maximum atomic E-state index is 11.8. The Hall–Kier alpha value is -1.30. The number of nitrogens with one attached hydrogen (secondary N) is 1. The Labute approximate surface area is 114 Å². The first-order chi connectivity index (χ1) is 8.69. The van der Waals surface area contributed by atoms with Crippen LogP contribution >= 0.6 is 0 Å². The molecule has 2 N–H and O–H groups in total. The van der Waals surface area contributed by atoms with Gasteiger partial charge in [-0.15, -0.1) is 0 Å². The van der Waals surface area contributed by atoms with Gasteiger partial charge >= 0.3 is 12.1 Å². The summed E-state index contributed by atoms with van der Waals surface area (Å²) in [5.41, 5.74) is -0.482. The number of carboxylic acids is 1. The molecule has 110 valence electrons. The fraction of sp³-hybridized carbons (Fsp3) is 0.846. The summed E-state index contributed by atoms with van der Waals surface area (Å²) < 4.78 is 5.30. The standard InChI is InChI=1S/C13H24N2O4/c1-9(11(16)17)14-10-5-7-15(8-6-10)12(18)19-13(2,3)4/h9-10,14H,5-8H2,1-4H3,(H,16,17). The van der Waals surface area contributed by atoms with Crippen LogP contribution in [0.4, 0.5) is 4.79 Å². The molecule has 0 aromatic rings. The number of carbonyl (C=O) groups is 2. The van der Waals surface area contributed by atoms with Crippen LogP contribution in [0.15, 0.2) is 0 Å². The van der Waals surface area contributed by atoms with Gasteiger partial charge in [0.1, 0.15) is 11.6 Å². The Morgan fingerprint density at radius 1 is 1.32 bits per heavy atom. The number of rotatable bonds is 3. The molecule has 1 amide bonds. The van der Waals surface area contributed by atoms with Crippen molar-refractivity contribution in [3.8, 4) is 0 Å². The molecule has 0 spiro atoms. The number of nitrogens with zero attached hydrogens (tertiary/aromatic N) is 1. The molecule has 0 aromatic heterocycles. The minimum Gasteiger partial charge on any atom is -0.480 e. The second kappa shape index (κ2) is 6.23. The monoisotopic (exact) mass is 272 g/mol. The first kappa shape index (κ1) is 15.8. The fourth-order valence-corrected chi connectivity index (χ4v) is 1.98. The SMILES string of the molecule is CC(NC1CCN(C(=O)OC(C)(C)C)CC1)C(=O)O. The lowest BCUT2D eigenvalue weighted by Gasteiger charge is -2.34. The number of ether oxygens (including phenoxy) is 1. The average Bonchev–Trinajstić information content (AvgIpc) is 2.27. The van der Waals surface area contributed by atoms with Gasteiger partial charge in [-0.05, 0) is 40.5 Å². The van der Waals surface area contributed by atoms with Crippen molar-refractivity contribution in [1.82, 2.24) is 10.2 Å². The number of piperidine rings is 1. The minimum atomic E-state index is -0.852. The van der Waals surface area contributed by atoms with Crippen molar-refractivity contribution in [3.05, 3.63) is 0 Å². The van der Waals surface area contributed by atoms with E-state index >= 15 is 0 Å². The van der Waals surface area contributed by atoms with E-state index in [4.69, 9.17) is 9.84 Å². The summed E-state index contributed by atoms with van der Waals surface area (Å²) in [7, 11) is 0. The molecule has 0 radical (unpaired) electrons. The van der Waals surface area contributed by atoms with E-state index in [1.165, 1.54) is 0 Å². The van der Waals surface area contributed by atoms with Crippen molar-refractivity contribution < 1.29 is 19.4 Å². The molecule has 1 atom stereocenters. The Kier molecular flexibility index (Phi) is 5.17. The number of aliphatic carboxylic acids is 1. The molecular formula is C13H24N2O4. The maximum Gasteiger partial charge on any atom is 0.410 e. The highest BCUT2D eigenvalue weighted by molar-refractivity contribution is 5.72. The quantitative estimate of drug-likeness (QED) is 0.813. The lowest BCUT2D eigenvalue weighted by Crippen LogP contribution is -2.49. The molecule has 1 rings (SSSR count). The zero-order valence-corrected chi connectivity index (χ0v) is 12.1. The van der Waals surface area contributed by atoms with Crippen LogP contribution in [-0.2, 0) is 9.53 Å². The predicted molar refractivity (Wildman–Crippen MR) is 71.1 cm³/mol. The van der Waals surface area contributed by atoms with E-state index in [2.05, 4.69) is 5.32 Å². The Bertz CT molecular complexity index is 330. The number of amides is 1. The Morgan fingerprint density at radius 2 is 1.84 bits per heavy atom. The summed E-state index contributed by atoms with van der Waals surface area (Å²) in [6.45, 7) is 8.34. The van der Waals surface area contributed by atoms with E-state index in [-0.39, 0.29) is 12.1 Å².